The Hall–Kier alpha value is -1.92. The van der Waals surface area contributed by atoms with Crippen molar-refractivity contribution in [2.45, 2.75) is 13.5 Å². The number of hydrazone groups is 1. The van der Waals surface area contributed by atoms with E-state index in [1.807, 2.05) is 0 Å². The van der Waals surface area contributed by atoms with Gasteiger partial charge in [0.15, 0.2) is 0 Å². The smallest absolute Gasteiger partial charge is 0.254 e. The molecule has 1 saturated heterocycles. The third-order valence-electron chi connectivity index (χ3n) is 4.71. The molecular weight excluding hydrogens is 395 g/mol. The highest BCUT2D eigenvalue weighted by molar-refractivity contribution is 6.36. The Bertz CT molecular complexity index is 831. The third-order valence-corrected chi connectivity index (χ3v) is 5.28. The largest absolute Gasteiger partial charge is 0.297 e. The lowest BCUT2D eigenvalue weighted by Gasteiger charge is -2.34. The fourth-order valence-corrected chi connectivity index (χ4v) is 3.53. The molecule has 0 radical (unpaired) electrons. The third kappa shape index (κ3) is 6.31. The van der Waals surface area contributed by atoms with Crippen molar-refractivity contribution in [2.75, 3.05) is 32.7 Å². The number of carbonyl (C=O) groups is 1. The summed E-state index contributed by atoms with van der Waals surface area (Å²) in [6.45, 7) is 7.02. The van der Waals surface area contributed by atoms with Gasteiger partial charge >= 0.3 is 0 Å². The van der Waals surface area contributed by atoms with E-state index in [0.29, 0.717) is 22.2 Å². The Balaban J connectivity index is 1.39. The van der Waals surface area contributed by atoms with E-state index in [4.69, 9.17) is 23.2 Å². The van der Waals surface area contributed by atoms with E-state index in [2.05, 4.69) is 51.5 Å². The maximum Gasteiger partial charge on any atom is 0.254 e. The van der Waals surface area contributed by atoms with Crippen LogP contribution in [0, 0.1) is 6.92 Å². The highest BCUT2D eigenvalue weighted by Gasteiger charge is 2.18. The summed E-state index contributed by atoms with van der Waals surface area (Å²) < 4.78 is 0. The molecule has 1 heterocycles. The molecule has 148 valence electrons. The highest BCUT2D eigenvalue weighted by Crippen LogP contribution is 2.19. The van der Waals surface area contributed by atoms with Crippen LogP contribution >= 0.6 is 23.2 Å². The topological polar surface area (TPSA) is 47.9 Å². The van der Waals surface area contributed by atoms with Gasteiger partial charge in [0, 0.05) is 43.3 Å². The first-order chi connectivity index (χ1) is 13.5. The minimum Gasteiger partial charge on any atom is -0.297 e. The van der Waals surface area contributed by atoms with Crippen LogP contribution in [0.2, 0.25) is 10.0 Å². The van der Waals surface area contributed by atoms with Crippen molar-refractivity contribution < 1.29 is 4.79 Å². The number of carbonyl (C=O) groups excluding carboxylic acids is 1. The van der Waals surface area contributed by atoms with Crippen molar-refractivity contribution >= 4 is 35.3 Å². The molecule has 1 aliphatic heterocycles. The van der Waals surface area contributed by atoms with Gasteiger partial charge in [-0.1, -0.05) is 59.1 Å². The number of hydrogen-bond acceptors (Lipinski definition) is 4. The predicted octanol–water partition coefficient (Wildman–Crippen LogP) is 3.57. The number of hydrogen-bond donors (Lipinski definition) is 1. The molecule has 0 spiro atoms. The van der Waals surface area contributed by atoms with Crippen LogP contribution in [-0.2, 0) is 11.3 Å². The van der Waals surface area contributed by atoms with Crippen LogP contribution in [0.4, 0.5) is 0 Å². The molecule has 0 aromatic heterocycles. The van der Waals surface area contributed by atoms with Gasteiger partial charge < -0.3 is 0 Å². The lowest BCUT2D eigenvalue weighted by molar-refractivity contribution is -0.122. The van der Waals surface area contributed by atoms with Gasteiger partial charge in [-0.2, -0.15) is 5.10 Å². The average molecular weight is 419 g/mol. The SMILES string of the molecule is Cc1ccc(CN2CCN(CC(=O)N/N=C\c3ccc(Cl)cc3Cl)CC2)cc1. The summed E-state index contributed by atoms with van der Waals surface area (Å²) in [4.78, 5) is 16.7. The van der Waals surface area contributed by atoms with Crippen molar-refractivity contribution in [1.82, 2.24) is 15.2 Å². The summed E-state index contributed by atoms with van der Waals surface area (Å²) in [7, 11) is 0. The molecule has 1 amide bonds. The fraction of sp³-hybridized carbons (Fsp3) is 0.333. The lowest BCUT2D eigenvalue weighted by Crippen LogP contribution is -2.48. The fourth-order valence-electron chi connectivity index (χ4n) is 3.08. The van der Waals surface area contributed by atoms with E-state index in [9.17, 15) is 4.79 Å². The molecular formula is C21H24Cl2N4O. The van der Waals surface area contributed by atoms with Crippen molar-refractivity contribution in [3.8, 4) is 0 Å². The number of nitrogens with zero attached hydrogens (tertiary/aromatic N) is 3. The molecule has 2 aromatic carbocycles. The summed E-state index contributed by atoms with van der Waals surface area (Å²) >= 11 is 11.9. The van der Waals surface area contributed by atoms with Crippen LogP contribution < -0.4 is 5.43 Å². The molecule has 3 rings (SSSR count). The van der Waals surface area contributed by atoms with E-state index in [0.717, 1.165) is 32.7 Å². The molecule has 0 atom stereocenters. The molecule has 1 aliphatic rings. The number of benzene rings is 2. The van der Waals surface area contributed by atoms with Crippen LogP contribution in [-0.4, -0.2) is 54.6 Å². The van der Waals surface area contributed by atoms with Gasteiger partial charge in [0.2, 0.25) is 0 Å². The molecule has 2 aromatic rings. The van der Waals surface area contributed by atoms with Crippen molar-refractivity contribution in [2.24, 2.45) is 5.10 Å². The number of rotatable bonds is 6. The van der Waals surface area contributed by atoms with Crippen molar-refractivity contribution in [3.05, 3.63) is 69.2 Å². The summed E-state index contributed by atoms with van der Waals surface area (Å²) in [6, 6.07) is 13.8. The number of nitrogens with one attached hydrogen (secondary N) is 1. The Morgan fingerprint density at radius 3 is 2.43 bits per heavy atom. The van der Waals surface area contributed by atoms with Gasteiger partial charge in [0.25, 0.3) is 5.91 Å². The molecule has 7 heteroatoms. The quantitative estimate of drug-likeness (QED) is 0.575. The van der Waals surface area contributed by atoms with Crippen LogP contribution in [0.15, 0.2) is 47.6 Å². The van der Waals surface area contributed by atoms with Crippen LogP contribution in [0.1, 0.15) is 16.7 Å². The summed E-state index contributed by atoms with van der Waals surface area (Å²) in [6.07, 6.45) is 1.52. The molecule has 0 unspecified atom stereocenters. The summed E-state index contributed by atoms with van der Waals surface area (Å²) in [5.41, 5.74) is 5.87. The number of halogens is 2. The molecule has 1 N–H and O–H groups in total. The second kappa shape index (κ2) is 10.0. The monoisotopic (exact) mass is 418 g/mol. The van der Waals surface area contributed by atoms with E-state index in [1.165, 1.54) is 17.3 Å². The van der Waals surface area contributed by atoms with E-state index < -0.39 is 0 Å². The first-order valence-electron chi connectivity index (χ1n) is 9.27. The zero-order valence-corrected chi connectivity index (χ0v) is 17.4. The predicted molar refractivity (Wildman–Crippen MR) is 115 cm³/mol. The second-order valence-electron chi connectivity index (χ2n) is 7.00. The maximum absolute atomic E-state index is 12.1. The van der Waals surface area contributed by atoms with Gasteiger partial charge in [-0.25, -0.2) is 5.43 Å². The standard InChI is InChI=1S/C21H24Cl2N4O/c1-16-2-4-17(5-3-16)14-26-8-10-27(11-9-26)15-21(28)25-24-13-18-6-7-19(22)12-20(18)23/h2-7,12-13H,8-11,14-15H2,1H3,(H,25,28)/b24-13-. The van der Waals surface area contributed by atoms with E-state index in [-0.39, 0.29) is 5.91 Å². The maximum atomic E-state index is 12.1. The first-order valence-corrected chi connectivity index (χ1v) is 10.0. The summed E-state index contributed by atoms with van der Waals surface area (Å²) in [5, 5.41) is 5.04. The van der Waals surface area contributed by atoms with E-state index >= 15 is 0 Å². The van der Waals surface area contributed by atoms with Crippen LogP contribution in [0.3, 0.4) is 0 Å². The van der Waals surface area contributed by atoms with Gasteiger partial charge in [-0.15, -0.1) is 0 Å². The highest BCUT2D eigenvalue weighted by atomic mass is 35.5. The zero-order chi connectivity index (χ0) is 19.9. The number of amides is 1. The zero-order valence-electron chi connectivity index (χ0n) is 15.9. The molecule has 0 bridgehead atoms. The Kier molecular flexibility index (Phi) is 7.45. The Morgan fingerprint density at radius 1 is 1.07 bits per heavy atom. The van der Waals surface area contributed by atoms with Gasteiger partial charge in [-0.3, -0.25) is 14.6 Å². The Labute approximate surface area is 175 Å². The van der Waals surface area contributed by atoms with Crippen molar-refractivity contribution in [3.63, 3.8) is 0 Å². The van der Waals surface area contributed by atoms with Crippen LogP contribution in [0.25, 0.3) is 0 Å². The second-order valence-corrected chi connectivity index (χ2v) is 7.84. The molecule has 5 nitrogen and oxygen atoms in total. The molecule has 28 heavy (non-hydrogen) atoms. The molecule has 0 saturated carbocycles. The summed E-state index contributed by atoms with van der Waals surface area (Å²) in [5.74, 6) is -0.131. The lowest BCUT2D eigenvalue weighted by atomic mass is 10.1. The molecule has 1 fully saturated rings. The average Bonchev–Trinajstić information content (AvgIpc) is 2.67. The van der Waals surface area contributed by atoms with E-state index in [1.54, 1.807) is 18.2 Å². The molecule has 0 aliphatic carbocycles. The van der Waals surface area contributed by atoms with Gasteiger partial charge in [0.1, 0.15) is 0 Å². The van der Waals surface area contributed by atoms with Crippen LogP contribution in [0.5, 0.6) is 0 Å². The number of piperazine rings is 1. The first kappa shape index (κ1) is 20.8. The Morgan fingerprint density at radius 2 is 1.75 bits per heavy atom. The minimum absolute atomic E-state index is 0.131. The number of aryl methyl sites for hydroxylation is 1. The normalized spacial score (nSPS) is 15.8. The van der Waals surface area contributed by atoms with Crippen molar-refractivity contribution in [1.29, 1.82) is 0 Å². The minimum atomic E-state index is -0.131. The van der Waals surface area contributed by atoms with Gasteiger partial charge in [0.05, 0.1) is 17.8 Å². The van der Waals surface area contributed by atoms with Gasteiger partial charge in [-0.05, 0) is 24.6 Å².